The highest BCUT2D eigenvalue weighted by Gasteiger charge is 2.41. The molecular formula is C12H34O8Si4. The summed E-state index contributed by atoms with van der Waals surface area (Å²) in [5.41, 5.74) is 0. The molecule has 0 aromatic carbocycles. The lowest BCUT2D eigenvalue weighted by atomic mass is 10.8. The summed E-state index contributed by atoms with van der Waals surface area (Å²) < 4.78 is 44.4. The van der Waals surface area contributed by atoms with Crippen molar-refractivity contribution in [2.24, 2.45) is 0 Å². The third-order valence-corrected chi connectivity index (χ3v) is 11.4. The van der Waals surface area contributed by atoms with Gasteiger partial charge in [-0.15, -0.1) is 0 Å². The van der Waals surface area contributed by atoms with Crippen molar-refractivity contribution in [1.82, 2.24) is 0 Å². The van der Waals surface area contributed by atoms with E-state index in [1.807, 2.05) is 0 Å². The van der Waals surface area contributed by atoms with Crippen molar-refractivity contribution >= 4 is 38.3 Å². The maximum Gasteiger partial charge on any atom is 0.500 e. The minimum Gasteiger partial charge on any atom is -0.449 e. The zero-order valence-corrected chi connectivity index (χ0v) is 21.3. The Balaban J connectivity index is 4.70. The van der Waals surface area contributed by atoms with E-state index in [9.17, 15) is 0 Å². The highest BCUT2D eigenvalue weighted by atomic mass is 28.4. The van der Waals surface area contributed by atoms with Gasteiger partial charge in [-0.2, -0.15) is 0 Å². The Morgan fingerprint density at radius 3 is 1.67 bits per heavy atom. The Morgan fingerprint density at radius 2 is 1.29 bits per heavy atom. The van der Waals surface area contributed by atoms with E-state index in [0.717, 1.165) is 22.6 Å². The summed E-state index contributed by atoms with van der Waals surface area (Å²) in [5.74, 6) is 0. The summed E-state index contributed by atoms with van der Waals surface area (Å²) in [5, 5.41) is 0. The monoisotopic (exact) mass is 418 g/mol. The molecule has 0 saturated carbocycles. The number of hydrogen-bond acceptors (Lipinski definition) is 8. The molecule has 24 heavy (non-hydrogen) atoms. The maximum atomic E-state index is 6.03. The lowest BCUT2D eigenvalue weighted by Crippen LogP contribution is -2.48. The van der Waals surface area contributed by atoms with Gasteiger partial charge in [0.05, 0.1) is 39.6 Å². The van der Waals surface area contributed by atoms with Gasteiger partial charge in [0, 0.05) is 27.4 Å². The molecule has 8 nitrogen and oxygen atoms in total. The SMILES string of the molecule is COCCO[Si](CC[SiH](C)O[SiH2]O[SiH3])(OCCOC)OCCOC. The van der Waals surface area contributed by atoms with Gasteiger partial charge in [0.25, 0.3) is 10.0 Å². The zero-order chi connectivity index (χ0) is 18.1. The van der Waals surface area contributed by atoms with Crippen molar-refractivity contribution in [2.45, 2.75) is 18.6 Å². The second-order valence-corrected chi connectivity index (χ2v) is 13.9. The lowest BCUT2D eigenvalue weighted by Gasteiger charge is -2.30. The first-order chi connectivity index (χ1) is 11.6. The molecule has 0 fully saturated rings. The fourth-order valence-electron chi connectivity index (χ4n) is 1.83. The van der Waals surface area contributed by atoms with Gasteiger partial charge >= 0.3 is 8.80 Å². The summed E-state index contributed by atoms with van der Waals surface area (Å²) in [6.45, 7) is 5.00. The minimum atomic E-state index is -2.81. The number of methoxy groups -OCH3 is 3. The molecule has 1 unspecified atom stereocenters. The van der Waals surface area contributed by atoms with E-state index in [4.69, 9.17) is 35.7 Å². The molecule has 12 heteroatoms. The third kappa shape index (κ3) is 12.8. The standard InChI is InChI=1S/C12H34O8Si4/c1-13-5-8-16-24(17-9-6-14-2,18-10-7-15-3)12-11-23(4)20-22-19-21/h23H,5-12,22H2,1-4,21H3. The van der Waals surface area contributed by atoms with Gasteiger partial charge in [-0.3, -0.25) is 0 Å². The van der Waals surface area contributed by atoms with Gasteiger partial charge in [-0.25, -0.2) is 0 Å². The fourth-order valence-corrected chi connectivity index (χ4v) is 10.1. The van der Waals surface area contributed by atoms with E-state index in [2.05, 4.69) is 6.55 Å². The van der Waals surface area contributed by atoms with Crippen molar-refractivity contribution in [1.29, 1.82) is 0 Å². The summed E-state index contributed by atoms with van der Waals surface area (Å²) in [4.78, 5) is 0. The lowest BCUT2D eigenvalue weighted by molar-refractivity contribution is 0.0153. The van der Waals surface area contributed by atoms with Gasteiger partial charge in [0.1, 0.15) is 10.5 Å². The van der Waals surface area contributed by atoms with Crippen LogP contribution < -0.4 is 0 Å². The van der Waals surface area contributed by atoms with Crippen molar-refractivity contribution in [2.75, 3.05) is 61.0 Å². The molecule has 0 aromatic rings. The van der Waals surface area contributed by atoms with E-state index >= 15 is 0 Å². The van der Waals surface area contributed by atoms with E-state index < -0.39 is 27.9 Å². The van der Waals surface area contributed by atoms with E-state index in [1.165, 1.54) is 0 Å². The average molecular weight is 419 g/mol. The van der Waals surface area contributed by atoms with Crippen LogP contribution in [-0.2, 0) is 35.7 Å². The Hall–Kier alpha value is 0.548. The van der Waals surface area contributed by atoms with E-state index in [1.54, 1.807) is 21.3 Å². The topological polar surface area (TPSA) is 73.8 Å². The summed E-state index contributed by atoms with van der Waals surface area (Å²) in [7, 11) is 0.793. The molecule has 0 aliphatic rings. The average Bonchev–Trinajstić information content (AvgIpc) is 2.58. The first kappa shape index (κ1) is 24.5. The highest BCUT2D eigenvalue weighted by molar-refractivity contribution is 6.64. The Kier molecular flexibility index (Phi) is 17.4. The van der Waals surface area contributed by atoms with Gasteiger partial charge in [-0.1, -0.05) is 0 Å². The first-order valence-corrected chi connectivity index (χ1v) is 14.5. The van der Waals surface area contributed by atoms with Crippen LogP contribution in [0.25, 0.3) is 0 Å². The Labute approximate surface area is 154 Å². The van der Waals surface area contributed by atoms with Gasteiger partial charge in [0.15, 0.2) is 9.04 Å². The smallest absolute Gasteiger partial charge is 0.449 e. The van der Waals surface area contributed by atoms with Gasteiger partial charge in [-0.05, 0) is 12.6 Å². The predicted octanol–water partition coefficient (Wildman–Crippen LogP) is -1.42. The molecule has 0 saturated heterocycles. The molecule has 0 bridgehead atoms. The second kappa shape index (κ2) is 17.0. The predicted molar refractivity (Wildman–Crippen MR) is 103 cm³/mol. The highest BCUT2D eigenvalue weighted by Crippen LogP contribution is 2.20. The number of rotatable bonds is 18. The molecule has 0 rings (SSSR count). The zero-order valence-electron chi connectivity index (χ0n) is 15.7. The van der Waals surface area contributed by atoms with Crippen LogP contribution in [0.2, 0.25) is 18.6 Å². The molecule has 0 spiro atoms. The van der Waals surface area contributed by atoms with Gasteiger partial charge in [0.2, 0.25) is 0 Å². The summed E-state index contributed by atoms with van der Waals surface area (Å²) >= 11 is 0. The van der Waals surface area contributed by atoms with Crippen LogP contribution >= 0.6 is 0 Å². The normalized spacial score (nSPS) is 14.0. The molecule has 0 aromatic heterocycles. The van der Waals surface area contributed by atoms with Crippen molar-refractivity contribution < 1.29 is 35.7 Å². The molecule has 0 N–H and O–H groups in total. The minimum absolute atomic E-state index is 0.442. The van der Waals surface area contributed by atoms with E-state index in [-0.39, 0.29) is 0 Å². The number of hydrogen-bond donors (Lipinski definition) is 0. The van der Waals surface area contributed by atoms with Crippen LogP contribution in [0.15, 0.2) is 0 Å². The summed E-state index contributed by atoms with van der Waals surface area (Å²) in [6, 6.07) is 1.66. The molecule has 0 aliphatic carbocycles. The van der Waals surface area contributed by atoms with Crippen LogP contribution in [0.3, 0.4) is 0 Å². The molecule has 1 atom stereocenters. The molecule has 0 amide bonds. The van der Waals surface area contributed by atoms with E-state index in [0.29, 0.717) is 39.6 Å². The maximum absolute atomic E-state index is 6.03. The largest absolute Gasteiger partial charge is 0.500 e. The van der Waals surface area contributed by atoms with Crippen LogP contribution in [0, 0.1) is 0 Å². The quantitative estimate of drug-likeness (QED) is 0.198. The van der Waals surface area contributed by atoms with Gasteiger partial charge < -0.3 is 35.7 Å². The first-order valence-electron chi connectivity index (χ1n) is 8.13. The van der Waals surface area contributed by atoms with Crippen molar-refractivity contribution in [3.63, 3.8) is 0 Å². The third-order valence-electron chi connectivity index (χ3n) is 3.16. The Morgan fingerprint density at radius 1 is 0.833 bits per heavy atom. The number of ether oxygens (including phenoxy) is 3. The molecule has 0 heterocycles. The van der Waals surface area contributed by atoms with Crippen molar-refractivity contribution in [3.05, 3.63) is 0 Å². The van der Waals surface area contributed by atoms with Crippen LogP contribution in [-0.4, -0.2) is 99.3 Å². The van der Waals surface area contributed by atoms with Crippen LogP contribution in [0.4, 0.5) is 0 Å². The second-order valence-electron chi connectivity index (χ2n) is 5.13. The molecule has 0 radical (unpaired) electrons. The molecule has 146 valence electrons. The van der Waals surface area contributed by atoms with Crippen LogP contribution in [0.5, 0.6) is 0 Å². The Bertz CT molecular complexity index is 251. The van der Waals surface area contributed by atoms with Crippen molar-refractivity contribution in [3.8, 4) is 0 Å². The summed E-state index contributed by atoms with van der Waals surface area (Å²) in [6.07, 6.45) is 0. The fraction of sp³-hybridized carbons (Fsp3) is 1.00. The molecular weight excluding hydrogens is 384 g/mol. The van der Waals surface area contributed by atoms with Crippen LogP contribution in [0.1, 0.15) is 0 Å². The molecule has 0 aliphatic heterocycles.